The number of rotatable bonds is 5. The molecule has 0 aliphatic carbocycles. The van der Waals surface area contributed by atoms with E-state index < -0.39 is 0 Å². The number of carbonyl (C=O) groups excluding carboxylic acids is 1. The van der Waals surface area contributed by atoms with Crippen molar-refractivity contribution in [2.75, 3.05) is 19.6 Å². The summed E-state index contributed by atoms with van der Waals surface area (Å²) in [6.45, 7) is 2.69. The van der Waals surface area contributed by atoms with Gasteiger partial charge in [0.15, 0.2) is 11.8 Å². The molecule has 1 aliphatic heterocycles. The number of halogens is 2. The smallest absolute Gasteiger partial charge is 0.253 e. The highest BCUT2D eigenvalue weighted by Gasteiger charge is 2.28. The Morgan fingerprint density at radius 1 is 1.33 bits per heavy atom. The van der Waals surface area contributed by atoms with Gasteiger partial charge in [0, 0.05) is 6.20 Å². The van der Waals surface area contributed by atoms with Crippen molar-refractivity contribution in [2.24, 2.45) is 0 Å². The van der Waals surface area contributed by atoms with E-state index >= 15 is 0 Å². The fourth-order valence-corrected chi connectivity index (χ4v) is 3.40. The summed E-state index contributed by atoms with van der Waals surface area (Å²) in [7, 11) is 0. The molecule has 0 spiro atoms. The molecule has 24 heavy (non-hydrogen) atoms. The standard InChI is InChI=1S/C17H19Cl2N3O2/c18-13-9-12(10-20-16(13)19)17(23)21-11-14(15-5-4-8-24-15)22-6-2-1-3-7-22/h4-5,8-10,14H,1-3,6-7,11H2,(H,21,23)/p+1/t14-/m0/s1. The third-order valence-electron chi connectivity index (χ3n) is 4.40. The van der Waals surface area contributed by atoms with Crippen molar-refractivity contribution in [3.8, 4) is 0 Å². The van der Waals surface area contributed by atoms with E-state index in [0.717, 1.165) is 18.8 Å². The molecule has 1 fully saturated rings. The van der Waals surface area contributed by atoms with E-state index in [1.54, 1.807) is 6.26 Å². The van der Waals surface area contributed by atoms with Crippen LogP contribution < -0.4 is 10.2 Å². The molecular formula is C17H20Cl2N3O2+. The summed E-state index contributed by atoms with van der Waals surface area (Å²) >= 11 is 11.7. The van der Waals surface area contributed by atoms with Crippen LogP contribution in [0.4, 0.5) is 0 Å². The first-order valence-electron chi connectivity index (χ1n) is 8.12. The number of likely N-dealkylation sites (tertiary alicyclic amines) is 1. The number of hydrogen-bond donors (Lipinski definition) is 2. The first kappa shape index (κ1) is 17.3. The highest BCUT2D eigenvalue weighted by atomic mass is 35.5. The van der Waals surface area contributed by atoms with Crippen LogP contribution in [0.15, 0.2) is 35.1 Å². The monoisotopic (exact) mass is 368 g/mol. The quantitative estimate of drug-likeness (QED) is 0.797. The number of quaternary nitrogens is 1. The average Bonchev–Trinajstić information content (AvgIpc) is 3.12. The lowest BCUT2D eigenvalue weighted by molar-refractivity contribution is -0.936. The van der Waals surface area contributed by atoms with Gasteiger partial charge in [0.2, 0.25) is 0 Å². The topological polar surface area (TPSA) is 59.6 Å². The third-order valence-corrected chi connectivity index (χ3v) is 5.09. The molecule has 3 rings (SSSR count). The summed E-state index contributed by atoms with van der Waals surface area (Å²) < 4.78 is 5.60. The minimum absolute atomic E-state index is 0.111. The molecule has 2 aromatic rings. The molecule has 1 aliphatic rings. The van der Waals surface area contributed by atoms with Gasteiger partial charge in [0.25, 0.3) is 5.91 Å². The molecule has 0 saturated carbocycles. The lowest BCUT2D eigenvalue weighted by atomic mass is 10.1. The molecule has 3 heterocycles. The molecule has 1 amide bonds. The molecule has 2 aromatic heterocycles. The van der Waals surface area contributed by atoms with Gasteiger partial charge >= 0.3 is 0 Å². The number of hydrogen-bond acceptors (Lipinski definition) is 3. The number of pyridine rings is 1. The van der Waals surface area contributed by atoms with Crippen LogP contribution in [0.5, 0.6) is 0 Å². The largest absolute Gasteiger partial charge is 0.463 e. The van der Waals surface area contributed by atoms with E-state index in [2.05, 4.69) is 10.3 Å². The summed E-state index contributed by atoms with van der Waals surface area (Å²) in [5, 5.41) is 3.44. The lowest BCUT2D eigenvalue weighted by Gasteiger charge is -2.30. The zero-order valence-electron chi connectivity index (χ0n) is 13.2. The lowest BCUT2D eigenvalue weighted by Crippen LogP contribution is -3.13. The van der Waals surface area contributed by atoms with E-state index in [4.69, 9.17) is 27.6 Å². The van der Waals surface area contributed by atoms with Gasteiger partial charge in [-0.1, -0.05) is 23.2 Å². The zero-order chi connectivity index (χ0) is 16.9. The second-order valence-electron chi connectivity index (χ2n) is 5.99. The summed E-state index contributed by atoms with van der Waals surface area (Å²) in [5.41, 5.74) is 0.399. The third kappa shape index (κ3) is 4.09. The number of aromatic nitrogens is 1. The van der Waals surface area contributed by atoms with Crippen molar-refractivity contribution in [3.05, 3.63) is 52.2 Å². The summed E-state index contributed by atoms with van der Waals surface area (Å²) in [5.74, 6) is 0.688. The normalized spacial score (nSPS) is 16.8. The van der Waals surface area contributed by atoms with E-state index in [1.807, 2.05) is 12.1 Å². The van der Waals surface area contributed by atoms with Gasteiger partial charge in [-0.05, 0) is 37.5 Å². The molecule has 1 saturated heterocycles. The average molecular weight is 369 g/mol. The summed E-state index contributed by atoms with van der Waals surface area (Å²) in [6, 6.07) is 5.50. The molecule has 0 bridgehead atoms. The van der Waals surface area contributed by atoms with Crippen LogP contribution in [0.3, 0.4) is 0 Å². The van der Waals surface area contributed by atoms with Crippen LogP contribution in [0.1, 0.15) is 41.4 Å². The summed E-state index contributed by atoms with van der Waals surface area (Å²) in [4.78, 5) is 17.7. The first-order valence-corrected chi connectivity index (χ1v) is 8.88. The number of piperidine rings is 1. The Morgan fingerprint density at radius 3 is 2.79 bits per heavy atom. The zero-order valence-corrected chi connectivity index (χ0v) is 14.7. The van der Waals surface area contributed by atoms with Gasteiger partial charge in [0.1, 0.15) is 5.15 Å². The molecule has 0 radical (unpaired) electrons. The SMILES string of the molecule is O=C(NC[C@@H](c1ccco1)[NH+]1CCCCC1)c1cnc(Cl)c(Cl)c1. The molecule has 0 aromatic carbocycles. The molecule has 128 valence electrons. The van der Waals surface area contributed by atoms with Gasteiger partial charge < -0.3 is 14.6 Å². The van der Waals surface area contributed by atoms with E-state index in [0.29, 0.717) is 12.1 Å². The van der Waals surface area contributed by atoms with Crippen molar-refractivity contribution in [3.63, 3.8) is 0 Å². The van der Waals surface area contributed by atoms with Crippen molar-refractivity contribution in [1.29, 1.82) is 0 Å². The van der Waals surface area contributed by atoms with Crippen LogP contribution in [-0.4, -0.2) is 30.5 Å². The van der Waals surface area contributed by atoms with E-state index in [1.165, 1.54) is 36.4 Å². The van der Waals surface area contributed by atoms with Crippen molar-refractivity contribution < 1.29 is 14.1 Å². The number of furan rings is 1. The van der Waals surface area contributed by atoms with Crippen LogP contribution >= 0.6 is 23.2 Å². The predicted octanol–water partition coefficient (Wildman–Crippen LogP) is 2.52. The Morgan fingerprint density at radius 2 is 2.12 bits per heavy atom. The van der Waals surface area contributed by atoms with Crippen LogP contribution in [0.2, 0.25) is 10.2 Å². The minimum Gasteiger partial charge on any atom is -0.463 e. The highest BCUT2D eigenvalue weighted by Crippen LogP contribution is 2.19. The van der Waals surface area contributed by atoms with E-state index in [9.17, 15) is 4.79 Å². The van der Waals surface area contributed by atoms with Crippen LogP contribution in [-0.2, 0) is 0 Å². The predicted molar refractivity (Wildman–Crippen MR) is 92.6 cm³/mol. The maximum atomic E-state index is 12.4. The Kier molecular flexibility index (Phi) is 5.76. The molecule has 7 heteroatoms. The van der Waals surface area contributed by atoms with Gasteiger partial charge in [0.05, 0.1) is 36.5 Å². The van der Waals surface area contributed by atoms with Crippen molar-refractivity contribution >= 4 is 29.1 Å². The van der Waals surface area contributed by atoms with Crippen LogP contribution in [0, 0.1) is 0 Å². The van der Waals surface area contributed by atoms with Gasteiger partial charge in [-0.15, -0.1) is 0 Å². The fraction of sp³-hybridized carbons (Fsp3) is 0.412. The number of nitrogens with zero attached hydrogens (tertiary/aromatic N) is 1. The second-order valence-corrected chi connectivity index (χ2v) is 6.76. The number of amides is 1. The number of carbonyl (C=O) groups is 1. The Balaban J connectivity index is 1.68. The van der Waals surface area contributed by atoms with E-state index in [-0.39, 0.29) is 22.1 Å². The first-order chi connectivity index (χ1) is 11.6. The highest BCUT2D eigenvalue weighted by molar-refractivity contribution is 6.41. The molecule has 5 nitrogen and oxygen atoms in total. The minimum atomic E-state index is -0.214. The Hall–Kier alpha value is -1.56. The Labute approximate surface area is 150 Å². The number of nitrogens with one attached hydrogen (secondary N) is 2. The van der Waals surface area contributed by atoms with Gasteiger partial charge in [-0.3, -0.25) is 4.79 Å². The van der Waals surface area contributed by atoms with Gasteiger partial charge in [-0.2, -0.15) is 0 Å². The van der Waals surface area contributed by atoms with Crippen molar-refractivity contribution in [2.45, 2.75) is 25.3 Å². The Bertz CT molecular complexity index is 685. The maximum absolute atomic E-state index is 12.4. The fourth-order valence-electron chi connectivity index (χ4n) is 3.13. The molecule has 1 atom stereocenters. The second kappa shape index (κ2) is 8.01. The molecular weight excluding hydrogens is 349 g/mol. The molecule has 2 N–H and O–H groups in total. The maximum Gasteiger partial charge on any atom is 0.253 e. The van der Waals surface area contributed by atoms with Crippen LogP contribution in [0.25, 0.3) is 0 Å². The summed E-state index contributed by atoms with van der Waals surface area (Å²) in [6.07, 6.45) is 6.79. The molecule has 0 unspecified atom stereocenters. The van der Waals surface area contributed by atoms with Gasteiger partial charge in [-0.25, -0.2) is 4.98 Å². The van der Waals surface area contributed by atoms with Crippen molar-refractivity contribution in [1.82, 2.24) is 10.3 Å².